The SMILES string of the molecule is CC(C)(C)C1C=CC(=O)C=C1. The molecule has 11 heavy (non-hydrogen) atoms. The van der Waals surface area contributed by atoms with E-state index in [1.165, 1.54) is 0 Å². The van der Waals surface area contributed by atoms with Crippen molar-refractivity contribution in [1.29, 1.82) is 0 Å². The Morgan fingerprint density at radius 1 is 1.18 bits per heavy atom. The molecule has 0 unspecified atom stereocenters. The van der Waals surface area contributed by atoms with Crippen molar-refractivity contribution in [1.82, 2.24) is 0 Å². The van der Waals surface area contributed by atoms with Crippen LogP contribution in [0, 0.1) is 11.3 Å². The average molecular weight is 150 g/mol. The van der Waals surface area contributed by atoms with E-state index >= 15 is 0 Å². The Morgan fingerprint density at radius 3 is 2.00 bits per heavy atom. The molecule has 1 rings (SSSR count). The Balaban J connectivity index is 2.73. The zero-order chi connectivity index (χ0) is 8.48. The predicted molar refractivity (Wildman–Crippen MR) is 46.2 cm³/mol. The normalized spacial score (nSPS) is 19.4. The monoisotopic (exact) mass is 150 g/mol. The van der Waals surface area contributed by atoms with E-state index in [-0.39, 0.29) is 11.2 Å². The fraction of sp³-hybridized carbons (Fsp3) is 0.500. The van der Waals surface area contributed by atoms with Crippen LogP contribution < -0.4 is 0 Å². The number of hydrogen-bond acceptors (Lipinski definition) is 1. The van der Waals surface area contributed by atoms with Crippen LogP contribution in [-0.4, -0.2) is 5.78 Å². The van der Waals surface area contributed by atoms with E-state index in [4.69, 9.17) is 0 Å². The maximum absolute atomic E-state index is 10.8. The lowest BCUT2D eigenvalue weighted by atomic mass is 9.79. The number of hydrogen-bond donors (Lipinski definition) is 0. The topological polar surface area (TPSA) is 17.1 Å². The second-order valence-corrected chi connectivity index (χ2v) is 4.01. The summed E-state index contributed by atoms with van der Waals surface area (Å²) >= 11 is 0. The minimum absolute atomic E-state index is 0.102. The molecule has 0 saturated carbocycles. The van der Waals surface area contributed by atoms with Gasteiger partial charge < -0.3 is 0 Å². The van der Waals surface area contributed by atoms with E-state index in [2.05, 4.69) is 20.8 Å². The predicted octanol–water partition coefficient (Wildman–Crippen LogP) is 2.34. The smallest absolute Gasteiger partial charge is 0.178 e. The summed E-state index contributed by atoms with van der Waals surface area (Å²) in [7, 11) is 0. The first kappa shape index (κ1) is 8.25. The van der Waals surface area contributed by atoms with E-state index < -0.39 is 0 Å². The van der Waals surface area contributed by atoms with Gasteiger partial charge in [-0.15, -0.1) is 0 Å². The van der Waals surface area contributed by atoms with E-state index in [0.717, 1.165) is 0 Å². The van der Waals surface area contributed by atoms with Crippen molar-refractivity contribution in [2.75, 3.05) is 0 Å². The molecule has 0 aliphatic heterocycles. The lowest BCUT2D eigenvalue weighted by Crippen LogP contribution is -2.18. The highest BCUT2D eigenvalue weighted by Gasteiger charge is 2.21. The van der Waals surface area contributed by atoms with Gasteiger partial charge in [-0.3, -0.25) is 4.79 Å². The van der Waals surface area contributed by atoms with Crippen LogP contribution in [-0.2, 0) is 4.79 Å². The summed E-state index contributed by atoms with van der Waals surface area (Å²) in [6.07, 6.45) is 7.25. The molecule has 1 heteroatoms. The summed E-state index contributed by atoms with van der Waals surface area (Å²) in [5, 5.41) is 0. The lowest BCUT2D eigenvalue weighted by Gasteiger charge is -2.26. The third-order valence-electron chi connectivity index (χ3n) is 1.94. The average Bonchev–Trinajstić information content (AvgIpc) is 1.86. The fourth-order valence-corrected chi connectivity index (χ4v) is 1.09. The van der Waals surface area contributed by atoms with Crippen LogP contribution in [0.1, 0.15) is 20.8 Å². The standard InChI is InChI=1S/C10H14O/c1-10(2,3)8-4-6-9(11)7-5-8/h4-8H,1-3H3. The van der Waals surface area contributed by atoms with Crippen molar-refractivity contribution in [3.05, 3.63) is 24.3 Å². The molecule has 0 aromatic carbocycles. The summed E-state index contributed by atoms with van der Waals surface area (Å²) in [6.45, 7) is 6.51. The van der Waals surface area contributed by atoms with Crippen LogP contribution in [0.5, 0.6) is 0 Å². The Kier molecular flexibility index (Phi) is 1.99. The Labute approximate surface area is 67.8 Å². The number of ketones is 1. The van der Waals surface area contributed by atoms with E-state index in [0.29, 0.717) is 5.92 Å². The zero-order valence-corrected chi connectivity index (χ0v) is 7.29. The molecule has 60 valence electrons. The molecule has 0 heterocycles. The van der Waals surface area contributed by atoms with Crippen LogP contribution in [0.4, 0.5) is 0 Å². The molecule has 0 N–H and O–H groups in total. The van der Waals surface area contributed by atoms with Crippen molar-refractivity contribution in [2.45, 2.75) is 20.8 Å². The summed E-state index contributed by atoms with van der Waals surface area (Å²) in [4.78, 5) is 10.8. The Morgan fingerprint density at radius 2 is 1.64 bits per heavy atom. The molecule has 0 fully saturated rings. The molecule has 1 aliphatic rings. The third-order valence-corrected chi connectivity index (χ3v) is 1.94. The van der Waals surface area contributed by atoms with Gasteiger partial charge in [0.2, 0.25) is 0 Å². The summed E-state index contributed by atoms with van der Waals surface area (Å²) in [5.41, 5.74) is 0.230. The molecule has 1 nitrogen and oxygen atoms in total. The quantitative estimate of drug-likeness (QED) is 0.518. The number of rotatable bonds is 0. The van der Waals surface area contributed by atoms with Gasteiger partial charge in [0.25, 0.3) is 0 Å². The van der Waals surface area contributed by atoms with Crippen LogP contribution in [0.3, 0.4) is 0 Å². The van der Waals surface area contributed by atoms with E-state index in [1.807, 2.05) is 12.2 Å². The molecule has 1 aliphatic carbocycles. The summed E-state index contributed by atoms with van der Waals surface area (Å²) in [6, 6.07) is 0. The van der Waals surface area contributed by atoms with Gasteiger partial charge in [0.1, 0.15) is 0 Å². The molecule has 0 spiro atoms. The molecule has 0 radical (unpaired) electrons. The van der Waals surface area contributed by atoms with Gasteiger partial charge in [0.15, 0.2) is 5.78 Å². The molecule has 0 saturated heterocycles. The van der Waals surface area contributed by atoms with E-state index in [9.17, 15) is 4.79 Å². The van der Waals surface area contributed by atoms with Crippen LogP contribution in [0.2, 0.25) is 0 Å². The highest BCUT2D eigenvalue weighted by atomic mass is 16.1. The van der Waals surface area contributed by atoms with Crippen LogP contribution in [0.25, 0.3) is 0 Å². The lowest BCUT2D eigenvalue weighted by molar-refractivity contribution is -0.110. The highest BCUT2D eigenvalue weighted by molar-refractivity contribution is 6.00. The van der Waals surface area contributed by atoms with Gasteiger partial charge in [-0.05, 0) is 17.6 Å². The Hall–Kier alpha value is -0.850. The van der Waals surface area contributed by atoms with Gasteiger partial charge >= 0.3 is 0 Å². The number of allylic oxidation sites excluding steroid dienone is 4. The van der Waals surface area contributed by atoms with Crippen molar-refractivity contribution in [3.63, 3.8) is 0 Å². The second kappa shape index (κ2) is 2.65. The second-order valence-electron chi connectivity index (χ2n) is 4.01. The van der Waals surface area contributed by atoms with Gasteiger partial charge in [-0.1, -0.05) is 32.9 Å². The van der Waals surface area contributed by atoms with Gasteiger partial charge in [0.05, 0.1) is 0 Å². The zero-order valence-electron chi connectivity index (χ0n) is 7.29. The first-order valence-electron chi connectivity index (χ1n) is 3.90. The third kappa shape index (κ3) is 2.04. The maximum Gasteiger partial charge on any atom is 0.178 e. The van der Waals surface area contributed by atoms with Crippen molar-refractivity contribution in [2.24, 2.45) is 11.3 Å². The summed E-state index contributed by atoms with van der Waals surface area (Å²) in [5.74, 6) is 0.505. The highest BCUT2D eigenvalue weighted by Crippen LogP contribution is 2.29. The van der Waals surface area contributed by atoms with Crippen LogP contribution >= 0.6 is 0 Å². The van der Waals surface area contributed by atoms with Gasteiger partial charge in [0, 0.05) is 5.92 Å². The summed E-state index contributed by atoms with van der Waals surface area (Å²) < 4.78 is 0. The first-order valence-corrected chi connectivity index (χ1v) is 3.90. The molecule has 0 amide bonds. The van der Waals surface area contributed by atoms with Crippen molar-refractivity contribution < 1.29 is 4.79 Å². The molecule has 0 atom stereocenters. The van der Waals surface area contributed by atoms with E-state index in [1.54, 1.807) is 12.2 Å². The minimum atomic E-state index is 0.102. The largest absolute Gasteiger partial charge is 0.290 e. The number of carbonyl (C=O) groups excluding carboxylic acids is 1. The minimum Gasteiger partial charge on any atom is -0.290 e. The molecule has 0 aromatic heterocycles. The first-order chi connectivity index (χ1) is 5.00. The Bertz CT molecular complexity index is 200. The van der Waals surface area contributed by atoms with Gasteiger partial charge in [-0.2, -0.15) is 0 Å². The van der Waals surface area contributed by atoms with Crippen molar-refractivity contribution in [3.8, 4) is 0 Å². The maximum atomic E-state index is 10.8. The van der Waals surface area contributed by atoms with Crippen molar-refractivity contribution >= 4 is 5.78 Å². The molecular weight excluding hydrogens is 136 g/mol. The van der Waals surface area contributed by atoms with Gasteiger partial charge in [-0.25, -0.2) is 0 Å². The molecular formula is C10H14O. The molecule has 0 aromatic rings. The number of carbonyl (C=O) groups is 1. The fourth-order valence-electron chi connectivity index (χ4n) is 1.09. The molecule has 0 bridgehead atoms. The van der Waals surface area contributed by atoms with Crippen LogP contribution in [0.15, 0.2) is 24.3 Å².